The Morgan fingerprint density at radius 2 is 1.56 bits per heavy atom. The van der Waals surface area contributed by atoms with E-state index in [0.717, 1.165) is 6.42 Å². The molecule has 1 aliphatic rings. The van der Waals surface area contributed by atoms with E-state index < -0.39 is 15.1 Å². The van der Waals surface area contributed by atoms with Crippen LogP contribution in [0.1, 0.15) is 44.0 Å². The number of amides is 2. The molecule has 0 atom stereocenters. The molecule has 1 aromatic carbocycles. The number of rotatable bonds is 4. The highest BCUT2D eigenvalue weighted by atomic mass is 32.2. The van der Waals surface area contributed by atoms with Crippen LogP contribution >= 0.6 is 0 Å². The van der Waals surface area contributed by atoms with E-state index in [1.807, 2.05) is 6.92 Å². The molecule has 0 bridgehead atoms. The quantitative estimate of drug-likeness (QED) is 0.816. The highest BCUT2D eigenvalue weighted by Crippen LogP contribution is 2.18. The van der Waals surface area contributed by atoms with Gasteiger partial charge in [-0.2, -0.15) is 0 Å². The van der Waals surface area contributed by atoms with Crippen molar-refractivity contribution in [2.24, 2.45) is 0 Å². The Morgan fingerprint density at radius 3 is 2.12 bits per heavy atom. The zero-order valence-corrected chi connectivity index (χ0v) is 15.9. The minimum atomic E-state index is -3.34. The topological polar surface area (TPSA) is 74.8 Å². The molecule has 25 heavy (non-hydrogen) atoms. The number of hydrogen-bond acceptors (Lipinski definition) is 4. The zero-order chi connectivity index (χ0) is 18.6. The molecule has 6 nitrogen and oxygen atoms in total. The number of carbonyl (C=O) groups excluding carboxylic acids is 2. The van der Waals surface area contributed by atoms with Crippen molar-refractivity contribution in [2.75, 3.05) is 26.2 Å². The van der Waals surface area contributed by atoms with Gasteiger partial charge < -0.3 is 9.80 Å². The summed E-state index contributed by atoms with van der Waals surface area (Å²) < 4.78 is 24.3. The first-order valence-electron chi connectivity index (χ1n) is 8.68. The summed E-state index contributed by atoms with van der Waals surface area (Å²) in [6.45, 7) is 7.40. The normalized spacial score (nSPS) is 16.0. The lowest BCUT2D eigenvalue weighted by Crippen LogP contribution is -2.37. The van der Waals surface area contributed by atoms with Gasteiger partial charge in [-0.1, -0.05) is 6.92 Å². The van der Waals surface area contributed by atoms with Crippen LogP contribution in [0.4, 0.5) is 0 Å². The molecule has 0 radical (unpaired) electrons. The van der Waals surface area contributed by atoms with Crippen LogP contribution < -0.4 is 0 Å². The lowest BCUT2D eigenvalue weighted by Gasteiger charge is -2.22. The van der Waals surface area contributed by atoms with E-state index >= 15 is 0 Å². The molecule has 0 unspecified atom stereocenters. The summed E-state index contributed by atoms with van der Waals surface area (Å²) in [7, 11) is -3.34. The van der Waals surface area contributed by atoms with Crippen LogP contribution in [-0.4, -0.2) is 61.5 Å². The van der Waals surface area contributed by atoms with Gasteiger partial charge in [-0.15, -0.1) is 0 Å². The fourth-order valence-corrected chi connectivity index (χ4v) is 3.90. The van der Waals surface area contributed by atoms with Crippen molar-refractivity contribution in [3.05, 3.63) is 29.8 Å². The molecule has 0 N–H and O–H groups in total. The minimum Gasteiger partial charge on any atom is -0.341 e. The van der Waals surface area contributed by atoms with Crippen LogP contribution in [-0.2, 0) is 14.6 Å². The third kappa shape index (κ3) is 4.39. The standard InChI is InChI=1S/C18H26N2O4S/c1-4-17(21)19-10-5-11-20(13-12-19)18(22)15-6-8-16(9-7-15)25(23,24)14(2)3/h6-9,14H,4-5,10-13H2,1-3H3. The van der Waals surface area contributed by atoms with Crippen molar-refractivity contribution in [1.82, 2.24) is 9.80 Å². The first-order valence-corrected chi connectivity index (χ1v) is 10.2. The van der Waals surface area contributed by atoms with Crippen LogP contribution in [0.3, 0.4) is 0 Å². The summed E-state index contributed by atoms with van der Waals surface area (Å²) in [6.07, 6.45) is 1.22. The Morgan fingerprint density at radius 1 is 1.00 bits per heavy atom. The molecule has 2 amide bonds. The lowest BCUT2D eigenvalue weighted by atomic mass is 10.2. The van der Waals surface area contributed by atoms with E-state index in [9.17, 15) is 18.0 Å². The van der Waals surface area contributed by atoms with Crippen LogP contribution in [0.15, 0.2) is 29.2 Å². The average Bonchev–Trinajstić information content (AvgIpc) is 2.86. The van der Waals surface area contributed by atoms with Gasteiger partial charge in [-0.05, 0) is 44.5 Å². The van der Waals surface area contributed by atoms with E-state index in [-0.39, 0.29) is 16.7 Å². The molecular weight excluding hydrogens is 340 g/mol. The van der Waals surface area contributed by atoms with Crippen molar-refractivity contribution in [2.45, 2.75) is 43.8 Å². The van der Waals surface area contributed by atoms with Gasteiger partial charge in [0.15, 0.2) is 9.84 Å². The third-order valence-corrected chi connectivity index (χ3v) is 6.66. The molecule has 7 heteroatoms. The number of hydrogen-bond donors (Lipinski definition) is 0. The molecule has 0 aromatic heterocycles. The van der Waals surface area contributed by atoms with Crippen molar-refractivity contribution in [1.29, 1.82) is 0 Å². The van der Waals surface area contributed by atoms with Crippen LogP contribution in [0.2, 0.25) is 0 Å². The monoisotopic (exact) mass is 366 g/mol. The summed E-state index contributed by atoms with van der Waals surface area (Å²) in [5.74, 6) is -0.0168. The Bertz CT molecular complexity index is 726. The Hall–Kier alpha value is -1.89. The van der Waals surface area contributed by atoms with Crippen LogP contribution in [0, 0.1) is 0 Å². The fourth-order valence-electron chi connectivity index (χ4n) is 2.84. The maximum atomic E-state index is 12.7. The highest BCUT2D eigenvalue weighted by Gasteiger charge is 2.23. The summed E-state index contributed by atoms with van der Waals surface area (Å²) in [5, 5.41) is -0.498. The molecule has 1 heterocycles. The van der Waals surface area contributed by atoms with Gasteiger partial charge in [-0.3, -0.25) is 9.59 Å². The predicted octanol–water partition coefficient (Wildman–Crippen LogP) is 1.95. The molecule has 1 aliphatic heterocycles. The van der Waals surface area contributed by atoms with Gasteiger partial charge in [0.05, 0.1) is 10.1 Å². The van der Waals surface area contributed by atoms with Crippen LogP contribution in [0.5, 0.6) is 0 Å². The molecule has 2 rings (SSSR count). The molecule has 0 saturated carbocycles. The smallest absolute Gasteiger partial charge is 0.253 e. The number of nitrogens with zero attached hydrogens (tertiary/aromatic N) is 2. The Balaban J connectivity index is 2.09. The van der Waals surface area contributed by atoms with Crippen molar-refractivity contribution >= 4 is 21.7 Å². The van der Waals surface area contributed by atoms with E-state index in [2.05, 4.69) is 0 Å². The maximum Gasteiger partial charge on any atom is 0.253 e. The molecule has 1 aromatic rings. The summed E-state index contributed by atoms with van der Waals surface area (Å²) >= 11 is 0. The fraction of sp³-hybridized carbons (Fsp3) is 0.556. The van der Waals surface area contributed by atoms with E-state index in [1.165, 1.54) is 12.1 Å². The van der Waals surface area contributed by atoms with Gasteiger partial charge >= 0.3 is 0 Å². The largest absolute Gasteiger partial charge is 0.341 e. The molecular formula is C18H26N2O4S. The predicted molar refractivity (Wildman–Crippen MR) is 96.2 cm³/mol. The molecule has 138 valence electrons. The van der Waals surface area contributed by atoms with E-state index in [4.69, 9.17) is 0 Å². The summed E-state index contributed by atoms with van der Waals surface area (Å²) in [5.41, 5.74) is 0.470. The van der Waals surface area contributed by atoms with Gasteiger partial charge in [-0.25, -0.2) is 8.42 Å². The van der Waals surface area contributed by atoms with E-state index in [1.54, 1.807) is 35.8 Å². The van der Waals surface area contributed by atoms with E-state index in [0.29, 0.717) is 38.2 Å². The summed E-state index contributed by atoms with van der Waals surface area (Å²) in [6, 6.07) is 6.12. The van der Waals surface area contributed by atoms with Gasteiger partial charge in [0.25, 0.3) is 5.91 Å². The van der Waals surface area contributed by atoms with Gasteiger partial charge in [0.2, 0.25) is 5.91 Å². The van der Waals surface area contributed by atoms with Gasteiger partial charge in [0, 0.05) is 38.2 Å². The molecule has 1 saturated heterocycles. The lowest BCUT2D eigenvalue weighted by molar-refractivity contribution is -0.130. The van der Waals surface area contributed by atoms with Crippen molar-refractivity contribution in [3.63, 3.8) is 0 Å². The Labute approximate surface area is 149 Å². The third-order valence-electron chi connectivity index (χ3n) is 4.49. The first-order chi connectivity index (χ1) is 11.8. The zero-order valence-electron chi connectivity index (χ0n) is 15.1. The number of benzene rings is 1. The molecule has 0 aliphatic carbocycles. The van der Waals surface area contributed by atoms with Gasteiger partial charge in [0.1, 0.15) is 0 Å². The molecule has 1 fully saturated rings. The van der Waals surface area contributed by atoms with Crippen molar-refractivity contribution in [3.8, 4) is 0 Å². The number of sulfone groups is 1. The highest BCUT2D eigenvalue weighted by molar-refractivity contribution is 7.92. The van der Waals surface area contributed by atoms with Crippen molar-refractivity contribution < 1.29 is 18.0 Å². The SMILES string of the molecule is CCC(=O)N1CCCN(C(=O)c2ccc(S(=O)(=O)C(C)C)cc2)CC1. The second-order valence-electron chi connectivity index (χ2n) is 6.50. The first kappa shape index (κ1) is 19.4. The second-order valence-corrected chi connectivity index (χ2v) is 9.00. The minimum absolute atomic E-state index is 0.109. The summed E-state index contributed by atoms with van der Waals surface area (Å²) in [4.78, 5) is 28.2. The second kappa shape index (κ2) is 7.99. The molecule has 0 spiro atoms. The van der Waals surface area contributed by atoms with Crippen LogP contribution in [0.25, 0.3) is 0 Å². The number of carbonyl (C=O) groups is 2. The Kier molecular flexibility index (Phi) is 6.21. The average molecular weight is 366 g/mol. The maximum absolute atomic E-state index is 12.7.